The van der Waals surface area contributed by atoms with E-state index in [1.807, 2.05) is 19.0 Å². The van der Waals surface area contributed by atoms with E-state index in [0.29, 0.717) is 23.3 Å². The number of sulfonamides is 1. The molecule has 1 rings (SSSR count). The van der Waals surface area contributed by atoms with E-state index in [1.54, 1.807) is 0 Å². The molecule has 0 aliphatic rings. The van der Waals surface area contributed by atoms with Crippen LogP contribution in [0.15, 0.2) is 24.3 Å². The monoisotopic (exact) mass is 381 g/mol. The van der Waals surface area contributed by atoms with Crippen molar-refractivity contribution >= 4 is 21.6 Å². The van der Waals surface area contributed by atoms with Crippen molar-refractivity contribution in [2.75, 3.05) is 44.3 Å². The van der Waals surface area contributed by atoms with Gasteiger partial charge in [-0.25, -0.2) is 8.42 Å². The molecule has 6 nitrogen and oxygen atoms in total. The first-order valence-electron chi connectivity index (χ1n) is 7.47. The summed E-state index contributed by atoms with van der Waals surface area (Å²) in [5.41, 5.74) is -1.19. The van der Waals surface area contributed by atoms with Crippen LogP contribution in [0.4, 0.5) is 18.9 Å². The van der Waals surface area contributed by atoms with Crippen LogP contribution in [-0.2, 0) is 21.0 Å². The van der Waals surface area contributed by atoms with Gasteiger partial charge < -0.3 is 10.2 Å². The second kappa shape index (κ2) is 8.52. The van der Waals surface area contributed by atoms with Crippen molar-refractivity contribution in [3.63, 3.8) is 0 Å². The summed E-state index contributed by atoms with van der Waals surface area (Å²) in [5, 5.41) is 2.56. The van der Waals surface area contributed by atoms with Crippen molar-refractivity contribution in [2.45, 2.75) is 12.6 Å². The van der Waals surface area contributed by atoms with Crippen molar-refractivity contribution < 1.29 is 26.4 Å². The Hall–Kier alpha value is -1.81. The third-order valence-electron chi connectivity index (χ3n) is 3.25. The van der Waals surface area contributed by atoms with Gasteiger partial charge in [-0.15, -0.1) is 0 Å². The van der Waals surface area contributed by atoms with E-state index in [-0.39, 0.29) is 5.69 Å². The number of benzene rings is 1. The molecule has 0 aliphatic carbocycles. The SMILES string of the molecule is CN(C)CCCNC(=O)CN(c1cccc(C(F)(F)F)c1)S(C)(=O)=O. The summed E-state index contributed by atoms with van der Waals surface area (Å²) in [7, 11) is -0.171. The Kier molecular flexibility index (Phi) is 7.24. The van der Waals surface area contributed by atoms with Gasteiger partial charge in [0.05, 0.1) is 17.5 Å². The summed E-state index contributed by atoms with van der Waals surface area (Å²) in [4.78, 5) is 13.9. The van der Waals surface area contributed by atoms with Gasteiger partial charge in [-0.2, -0.15) is 13.2 Å². The maximum Gasteiger partial charge on any atom is 0.416 e. The number of carbonyl (C=O) groups is 1. The Balaban J connectivity index is 2.88. The fourth-order valence-corrected chi connectivity index (χ4v) is 2.90. The number of anilines is 1. The highest BCUT2D eigenvalue weighted by atomic mass is 32.2. The summed E-state index contributed by atoms with van der Waals surface area (Å²) in [5.74, 6) is -0.582. The molecular weight excluding hydrogens is 359 g/mol. The molecule has 0 radical (unpaired) electrons. The van der Waals surface area contributed by atoms with Crippen molar-refractivity contribution in [3.8, 4) is 0 Å². The predicted octanol–water partition coefficient (Wildman–Crippen LogP) is 1.54. The lowest BCUT2D eigenvalue weighted by atomic mass is 10.2. The average molecular weight is 381 g/mol. The Bertz CT molecular complexity index is 691. The molecule has 0 bridgehead atoms. The molecule has 1 amide bonds. The van der Waals surface area contributed by atoms with Gasteiger partial charge in [-0.05, 0) is 45.3 Å². The average Bonchev–Trinajstić information content (AvgIpc) is 2.47. The van der Waals surface area contributed by atoms with Crippen LogP contribution < -0.4 is 9.62 Å². The third kappa shape index (κ3) is 7.30. The third-order valence-corrected chi connectivity index (χ3v) is 4.39. The molecule has 0 atom stereocenters. The zero-order valence-electron chi connectivity index (χ0n) is 14.3. The van der Waals surface area contributed by atoms with Gasteiger partial charge in [0, 0.05) is 6.54 Å². The highest BCUT2D eigenvalue weighted by Gasteiger charge is 2.31. The summed E-state index contributed by atoms with van der Waals surface area (Å²) in [6, 6.07) is 3.87. The van der Waals surface area contributed by atoms with Crippen molar-refractivity contribution in [1.82, 2.24) is 10.2 Å². The number of nitrogens with one attached hydrogen (secondary N) is 1. The van der Waals surface area contributed by atoms with E-state index in [9.17, 15) is 26.4 Å². The van der Waals surface area contributed by atoms with Gasteiger partial charge in [0.1, 0.15) is 6.54 Å². The Morgan fingerprint density at radius 2 is 1.88 bits per heavy atom. The normalized spacial score (nSPS) is 12.3. The first kappa shape index (κ1) is 21.2. The van der Waals surface area contributed by atoms with Crippen LogP contribution in [0.2, 0.25) is 0 Å². The van der Waals surface area contributed by atoms with Gasteiger partial charge in [0.2, 0.25) is 15.9 Å². The van der Waals surface area contributed by atoms with Crippen LogP contribution >= 0.6 is 0 Å². The predicted molar refractivity (Wildman–Crippen MR) is 89.8 cm³/mol. The van der Waals surface area contributed by atoms with Crippen LogP contribution in [0, 0.1) is 0 Å². The molecule has 142 valence electrons. The molecule has 1 aromatic rings. The van der Waals surface area contributed by atoms with Crippen LogP contribution in [0.1, 0.15) is 12.0 Å². The Morgan fingerprint density at radius 3 is 2.40 bits per heavy atom. The maximum atomic E-state index is 12.8. The fraction of sp³-hybridized carbons (Fsp3) is 0.533. The lowest BCUT2D eigenvalue weighted by molar-refractivity contribution is -0.137. The number of amides is 1. The molecule has 25 heavy (non-hydrogen) atoms. The molecule has 0 saturated carbocycles. The van der Waals surface area contributed by atoms with E-state index < -0.39 is 34.2 Å². The van der Waals surface area contributed by atoms with Gasteiger partial charge in [0.25, 0.3) is 0 Å². The standard InChI is InChI=1S/C15H22F3N3O3S/c1-20(2)9-5-8-19-14(22)11-21(25(3,23)24)13-7-4-6-12(10-13)15(16,17)18/h4,6-7,10H,5,8-9,11H2,1-3H3,(H,19,22). The maximum absolute atomic E-state index is 12.8. The summed E-state index contributed by atoms with van der Waals surface area (Å²) in [6.07, 6.45) is -3.10. The second-order valence-corrected chi connectivity index (χ2v) is 7.73. The molecule has 0 saturated heterocycles. The number of halogens is 3. The minimum absolute atomic E-state index is 0.208. The number of hydrogen-bond donors (Lipinski definition) is 1. The van der Waals surface area contributed by atoms with E-state index in [2.05, 4.69) is 5.32 Å². The molecule has 10 heteroatoms. The Morgan fingerprint density at radius 1 is 1.24 bits per heavy atom. The zero-order chi connectivity index (χ0) is 19.3. The van der Waals surface area contributed by atoms with E-state index in [1.165, 1.54) is 6.07 Å². The molecule has 0 heterocycles. The lowest BCUT2D eigenvalue weighted by Crippen LogP contribution is -2.41. The number of alkyl halides is 3. The number of rotatable bonds is 8. The van der Waals surface area contributed by atoms with E-state index in [4.69, 9.17) is 0 Å². The van der Waals surface area contributed by atoms with Crippen molar-refractivity contribution in [1.29, 1.82) is 0 Å². The topological polar surface area (TPSA) is 69.7 Å². The second-order valence-electron chi connectivity index (χ2n) is 5.82. The number of hydrogen-bond acceptors (Lipinski definition) is 4. The van der Waals surface area contributed by atoms with Gasteiger partial charge in [0.15, 0.2) is 0 Å². The smallest absolute Gasteiger partial charge is 0.354 e. The molecule has 1 N–H and O–H groups in total. The van der Waals surface area contributed by atoms with Crippen LogP contribution in [-0.4, -0.2) is 59.2 Å². The zero-order valence-corrected chi connectivity index (χ0v) is 15.1. The van der Waals surface area contributed by atoms with Crippen LogP contribution in [0.3, 0.4) is 0 Å². The summed E-state index contributed by atoms with van der Waals surface area (Å²) >= 11 is 0. The minimum atomic E-state index is -4.60. The molecule has 0 aromatic heterocycles. The highest BCUT2D eigenvalue weighted by molar-refractivity contribution is 7.92. The van der Waals surface area contributed by atoms with Gasteiger partial charge >= 0.3 is 6.18 Å². The summed E-state index contributed by atoms with van der Waals surface area (Å²) < 4.78 is 62.9. The highest BCUT2D eigenvalue weighted by Crippen LogP contribution is 2.32. The fourth-order valence-electron chi connectivity index (χ4n) is 2.05. The van der Waals surface area contributed by atoms with E-state index >= 15 is 0 Å². The first-order valence-corrected chi connectivity index (χ1v) is 9.32. The molecule has 0 spiro atoms. The van der Waals surface area contributed by atoms with Crippen molar-refractivity contribution in [3.05, 3.63) is 29.8 Å². The van der Waals surface area contributed by atoms with Crippen LogP contribution in [0.5, 0.6) is 0 Å². The molecule has 0 aliphatic heterocycles. The quantitative estimate of drug-likeness (QED) is 0.694. The summed E-state index contributed by atoms with van der Waals surface area (Å²) in [6.45, 7) is 0.503. The van der Waals surface area contributed by atoms with E-state index in [0.717, 1.165) is 24.9 Å². The molecule has 1 aromatic carbocycles. The lowest BCUT2D eigenvalue weighted by Gasteiger charge is -2.23. The first-order chi connectivity index (χ1) is 11.4. The number of nitrogens with zero attached hydrogens (tertiary/aromatic N) is 2. The van der Waals surface area contributed by atoms with Crippen molar-refractivity contribution in [2.24, 2.45) is 0 Å². The molecule has 0 unspecified atom stereocenters. The van der Waals surface area contributed by atoms with Gasteiger partial charge in [-0.1, -0.05) is 6.07 Å². The molecular formula is C15H22F3N3O3S. The van der Waals surface area contributed by atoms with Crippen LogP contribution in [0.25, 0.3) is 0 Å². The largest absolute Gasteiger partial charge is 0.416 e. The van der Waals surface area contributed by atoms with Gasteiger partial charge in [-0.3, -0.25) is 9.10 Å². The minimum Gasteiger partial charge on any atom is -0.354 e. The number of carbonyl (C=O) groups excluding carboxylic acids is 1. The molecule has 0 fully saturated rings. The Labute approximate surface area is 145 Å².